The number of amides is 1. The SMILES string of the molecule is N=Cc1ccc(/C=C2\N=C(Nc3ccccc3)NC2=O)cc1N. The lowest BCUT2D eigenvalue weighted by molar-refractivity contribution is -0.115. The van der Waals surface area contributed by atoms with Gasteiger partial charge in [-0.25, -0.2) is 4.99 Å². The van der Waals surface area contributed by atoms with Crippen molar-refractivity contribution in [1.82, 2.24) is 5.32 Å². The molecule has 0 aliphatic carbocycles. The Morgan fingerprint density at radius 3 is 2.65 bits per heavy atom. The second-order valence-corrected chi connectivity index (χ2v) is 4.97. The summed E-state index contributed by atoms with van der Waals surface area (Å²) in [7, 11) is 0. The summed E-state index contributed by atoms with van der Waals surface area (Å²) in [6.07, 6.45) is 2.84. The highest BCUT2D eigenvalue weighted by Gasteiger charge is 2.20. The zero-order valence-corrected chi connectivity index (χ0v) is 12.2. The van der Waals surface area contributed by atoms with Crippen molar-refractivity contribution in [2.75, 3.05) is 11.1 Å². The van der Waals surface area contributed by atoms with Crippen molar-refractivity contribution < 1.29 is 4.79 Å². The summed E-state index contributed by atoms with van der Waals surface area (Å²) in [5.74, 6) is 0.106. The Bertz CT molecular complexity index is 824. The summed E-state index contributed by atoms with van der Waals surface area (Å²) in [6, 6.07) is 14.7. The van der Waals surface area contributed by atoms with Crippen LogP contribution in [0.15, 0.2) is 59.2 Å². The quantitative estimate of drug-likeness (QED) is 0.397. The summed E-state index contributed by atoms with van der Waals surface area (Å²) < 4.78 is 0. The van der Waals surface area contributed by atoms with Crippen molar-refractivity contribution >= 4 is 35.5 Å². The molecule has 2 aromatic rings. The minimum atomic E-state index is -0.280. The molecule has 0 radical (unpaired) electrons. The summed E-state index contributed by atoms with van der Waals surface area (Å²) in [4.78, 5) is 16.2. The van der Waals surface area contributed by atoms with Gasteiger partial charge >= 0.3 is 0 Å². The Labute approximate surface area is 133 Å². The van der Waals surface area contributed by atoms with E-state index in [2.05, 4.69) is 15.6 Å². The average Bonchev–Trinajstić information content (AvgIpc) is 2.88. The maximum atomic E-state index is 12.0. The summed E-state index contributed by atoms with van der Waals surface area (Å²) in [6.45, 7) is 0. The number of nitrogens with zero attached hydrogens (tertiary/aromatic N) is 1. The number of aliphatic imine (C=N–C) groups is 1. The zero-order chi connectivity index (χ0) is 16.2. The third-order valence-corrected chi connectivity index (χ3v) is 3.30. The van der Waals surface area contributed by atoms with Crippen LogP contribution in [0.1, 0.15) is 11.1 Å². The number of nitrogens with one attached hydrogen (secondary N) is 3. The highest BCUT2D eigenvalue weighted by molar-refractivity contribution is 6.17. The average molecular weight is 305 g/mol. The van der Waals surface area contributed by atoms with E-state index in [1.54, 1.807) is 24.3 Å². The van der Waals surface area contributed by atoms with Gasteiger partial charge in [-0.2, -0.15) is 0 Å². The molecule has 1 aliphatic rings. The molecule has 0 unspecified atom stereocenters. The van der Waals surface area contributed by atoms with Crippen LogP contribution in [-0.4, -0.2) is 18.1 Å². The Balaban J connectivity index is 1.83. The van der Waals surface area contributed by atoms with E-state index < -0.39 is 0 Å². The molecule has 1 heterocycles. The van der Waals surface area contributed by atoms with E-state index in [1.165, 1.54) is 6.21 Å². The number of hydrogen-bond acceptors (Lipinski definition) is 5. The molecule has 23 heavy (non-hydrogen) atoms. The van der Waals surface area contributed by atoms with E-state index in [0.717, 1.165) is 11.3 Å². The number of nitrogen functional groups attached to an aromatic ring is 1. The first kappa shape index (κ1) is 14.5. The van der Waals surface area contributed by atoms with Crippen molar-refractivity contribution in [3.8, 4) is 0 Å². The van der Waals surface area contributed by atoms with Gasteiger partial charge in [-0.15, -0.1) is 0 Å². The fraction of sp³-hybridized carbons (Fsp3) is 0. The predicted molar refractivity (Wildman–Crippen MR) is 92.4 cm³/mol. The minimum Gasteiger partial charge on any atom is -0.398 e. The smallest absolute Gasteiger partial charge is 0.276 e. The van der Waals surface area contributed by atoms with Gasteiger partial charge in [0.1, 0.15) is 5.70 Å². The lowest BCUT2D eigenvalue weighted by atomic mass is 10.1. The van der Waals surface area contributed by atoms with E-state index in [1.807, 2.05) is 30.3 Å². The van der Waals surface area contributed by atoms with Crippen molar-refractivity contribution in [1.29, 1.82) is 5.41 Å². The second-order valence-electron chi connectivity index (χ2n) is 4.97. The molecular weight excluding hydrogens is 290 g/mol. The van der Waals surface area contributed by atoms with E-state index in [4.69, 9.17) is 11.1 Å². The number of benzene rings is 2. The van der Waals surface area contributed by atoms with E-state index in [0.29, 0.717) is 22.9 Å². The normalized spacial score (nSPS) is 15.2. The van der Waals surface area contributed by atoms with Gasteiger partial charge in [0.25, 0.3) is 5.91 Å². The van der Waals surface area contributed by atoms with Crippen molar-refractivity contribution in [2.45, 2.75) is 0 Å². The van der Waals surface area contributed by atoms with E-state index in [-0.39, 0.29) is 5.91 Å². The maximum absolute atomic E-state index is 12.0. The molecule has 1 amide bonds. The van der Waals surface area contributed by atoms with Gasteiger partial charge < -0.3 is 16.5 Å². The van der Waals surface area contributed by atoms with Crippen LogP contribution in [0, 0.1) is 5.41 Å². The van der Waals surface area contributed by atoms with Crippen LogP contribution in [-0.2, 0) is 4.79 Å². The van der Waals surface area contributed by atoms with Gasteiger partial charge in [0.15, 0.2) is 0 Å². The number of anilines is 2. The molecule has 0 bridgehead atoms. The first-order chi connectivity index (χ1) is 11.2. The number of rotatable bonds is 3. The summed E-state index contributed by atoms with van der Waals surface area (Å²) in [5.41, 5.74) is 8.85. The zero-order valence-electron chi connectivity index (χ0n) is 12.2. The molecule has 2 aromatic carbocycles. The number of carbonyl (C=O) groups is 1. The topological polar surface area (TPSA) is 103 Å². The molecule has 0 saturated heterocycles. The lowest BCUT2D eigenvalue weighted by Crippen LogP contribution is -2.29. The van der Waals surface area contributed by atoms with Crippen LogP contribution in [0.3, 0.4) is 0 Å². The van der Waals surface area contributed by atoms with Crippen LogP contribution in [0.25, 0.3) is 6.08 Å². The summed E-state index contributed by atoms with van der Waals surface area (Å²) in [5, 5.41) is 12.9. The van der Waals surface area contributed by atoms with Crippen LogP contribution in [0.2, 0.25) is 0 Å². The number of guanidine groups is 1. The molecular formula is C17H15N5O. The van der Waals surface area contributed by atoms with Gasteiger partial charge in [0.2, 0.25) is 5.96 Å². The molecule has 114 valence electrons. The molecule has 6 heteroatoms. The fourth-order valence-electron chi connectivity index (χ4n) is 2.16. The molecule has 5 N–H and O–H groups in total. The van der Waals surface area contributed by atoms with Gasteiger partial charge in [0, 0.05) is 23.2 Å². The van der Waals surface area contributed by atoms with Crippen molar-refractivity contribution in [3.63, 3.8) is 0 Å². The Morgan fingerprint density at radius 1 is 1.17 bits per heavy atom. The van der Waals surface area contributed by atoms with E-state index >= 15 is 0 Å². The van der Waals surface area contributed by atoms with Gasteiger partial charge in [0.05, 0.1) is 0 Å². The van der Waals surface area contributed by atoms with Crippen molar-refractivity contribution in [2.24, 2.45) is 4.99 Å². The number of hydrogen-bond donors (Lipinski definition) is 4. The van der Waals surface area contributed by atoms with E-state index in [9.17, 15) is 4.79 Å². The number of para-hydroxylation sites is 1. The van der Waals surface area contributed by atoms with Gasteiger partial charge in [-0.1, -0.05) is 30.3 Å². The maximum Gasteiger partial charge on any atom is 0.276 e. The van der Waals surface area contributed by atoms with Crippen LogP contribution in [0.5, 0.6) is 0 Å². The first-order valence-corrected chi connectivity index (χ1v) is 6.99. The fourth-order valence-corrected chi connectivity index (χ4v) is 2.16. The van der Waals surface area contributed by atoms with Crippen LogP contribution >= 0.6 is 0 Å². The minimum absolute atomic E-state index is 0.280. The second kappa shape index (κ2) is 6.15. The molecule has 6 nitrogen and oxygen atoms in total. The molecule has 0 atom stereocenters. The van der Waals surface area contributed by atoms with Crippen molar-refractivity contribution in [3.05, 3.63) is 65.4 Å². The standard InChI is InChI=1S/C17H15N5O/c18-10-12-7-6-11(8-14(12)19)9-15-16(23)22-17(21-15)20-13-4-2-1-3-5-13/h1-10,18H,19H2,(H2,20,21,22,23)/b15-9-,18-10?. The van der Waals surface area contributed by atoms with Crippen LogP contribution < -0.4 is 16.4 Å². The number of nitrogens with two attached hydrogens (primary N) is 1. The predicted octanol–water partition coefficient (Wildman–Crippen LogP) is 2.21. The Kier molecular flexibility index (Phi) is 3.88. The lowest BCUT2D eigenvalue weighted by Gasteiger charge is -2.03. The molecule has 0 saturated carbocycles. The monoisotopic (exact) mass is 305 g/mol. The summed E-state index contributed by atoms with van der Waals surface area (Å²) >= 11 is 0. The largest absolute Gasteiger partial charge is 0.398 e. The first-order valence-electron chi connectivity index (χ1n) is 6.99. The number of carbonyl (C=O) groups excluding carboxylic acids is 1. The highest BCUT2D eigenvalue weighted by atomic mass is 16.2. The van der Waals surface area contributed by atoms with Gasteiger partial charge in [-0.05, 0) is 29.8 Å². The molecule has 0 spiro atoms. The Hall–Kier alpha value is -3.41. The molecule has 0 aromatic heterocycles. The Morgan fingerprint density at radius 2 is 1.96 bits per heavy atom. The molecule has 3 rings (SSSR count). The molecule has 0 fully saturated rings. The molecule has 1 aliphatic heterocycles. The third-order valence-electron chi connectivity index (χ3n) is 3.30. The van der Waals surface area contributed by atoms with Gasteiger partial charge in [-0.3, -0.25) is 10.1 Å². The highest BCUT2D eigenvalue weighted by Crippen LogP contribution is 2.17. The van der Waals surface area contributed by atoms with Crippen LogP contribution in [0.4, 0.5) is 11.4 Å². The third kappa shape index (κ3) is 3.26.